The quantitative estimate of drug-likeness (QED) is 0.428. The summed E-state index contributed by atoms with van der Waals surface area (Å²) in [6.45, 7) is 8.85. The molecule has 0 unspecified atom stereocenters. The molecular formula is C20H22O6. The number of fused-ring (bicyclic) bond motifs is 1. The summed E-state index contributed by atoms with van der Waals surface area (Å²) in [7, 11) is 0. The first-order valence-electron chi connectivity index (χ1n) is 8.83. The summed E-state index contributed by atoms with van der Waals surface area (Å²) in [5, 5.41) is 0. The number of esters is 2. The van der Waals surface area contributed by atoms with Crippen LogP contribution in [0.1, 0.15) is 41.0 Å². The van der Waals surface area contributed by atoms with Gasteiger partial charge in [0.25, 0.3) is 5.79 Å². The average Bonchev–Trinajstić information content (AvgIpc) is 3.04. The molecule has 0 N–H and O–H groups in total. The van der Waals surface area contributed by atoms with E-state index in [1.54, 1.807) is 32.9 Å². The van der Waals surface area contributed by atoms with Crippen molar-refractivity contribution in [2.75, 3.05) is 0 Å². The maximum absolute atomic E-state index is 12.6. The van der Waals surface area contributed by atoms with Crippen molar-refractivity contribution >= 4 is 17.7 Å². The standard InChI is InChI=1S/C20H22O6/c1-6-10(2)15(22)24-17-18(5)8-7-13(21)14(18)11(3)9-19-20(17,26-19)12(4)16(23)25-19/h6-8,12,17H,9H2,1-5H3/b10-6-/t12-,17-,18-,19+,20-/m1/s1. The molecule has 0 bridgehead atoms. The highest BCUT2D eigenvalue weighted by Crippen LogP contribution is 2.70. The number of ether oxygens (including phenoxy) is 3. The number of epoxide rings is 1. The van der Waals surface area contributed by atoms with E-state index in [2.05, 4.69) is 0 Å². The lowest BCUT2D eigenvalue weighted by molar-refractivity contribution is -0.166. The van der Waals surface area contributed by atoms with Crippen LogP contribution in [0.5, 0.6) is 0 Å². The summed E-state index contributed by atoms with van der Waals surface area (Å²) in [5.74, 6) is -2.71. The summed E-state index contributed by atoms with van der Waals surface area (Å²) in [6, 6.07) is 0. The van der Waals surface area contributed by atoms with E-state index in [0.29, 0.717) is 17.6 Å². The minimum Gasteiger partial charge on any atom is -0.454 e. The van der Waals surface area contributed by atoms with Crippen LogP contribution in [0.3, 0.4) is 0 Å². The van der Waals surface area contributed by atoms with E-state index < -0.39 is 34.8 Å². The van der Waals surface area contributed by atoms with Gasteiger partial charge in [-0.05, 0) is 40.7 Å². The van der Waals surface area contributed by atoms with E-state index in [9.17, 15) is 14.4 Å². The van der Waals surface area contributed by atoms with Crippen LogP contribution in [-0.2, 0) is 28.6 Å². The predicted molar refractivity (Wildman–Crippen MR) is 90.7 cm³/mol. The maximum Gasteiger partial charge on any atom is 0.333 e. The number of hydrogen-bond donors (Lipinski definition) is 0. The van der Waals surface area contributed by atoms with Gasteiger partial charge in [0.15, 0.2) is 17.5 Å². The second-order valence-corrected chi connectivity index (χ2v) is 7.86. The van der Waals surface area contributed by atoms with E-state index in [-0.39, 0.29) is 11.8 Å². The second kappa shape index (κ2) is 4.94. The van der Waals surface area contributed by atoms with Gasteiger partial charge in [0.05, 0.1) is 11.3 Å². The van der Waals surface area contributed by atoms with Crippen molar-refractivity contribution in [1.29, 1.82) is 0 Å². The summed E-state index contributed by atoms with van der Waals surface area (Å²) in [6.07, 6.45) is 4.40. The van der Waals surface area contributed by atoms with Crippen LogP contribution >= 0.6 is 0 Å². The lowest BCUT2D eigenvalue weighted by Gasteiger charge is -2.37. The predicted octanol–water partition coefficient (Wildman–Crippen LogP) is 2.39. The molecule has 2 aliphatic heterocycles. The highest BCUT2D eigenvalue weighted by Gasteiger charge is 2.88. The molecule has 2 saturated heterocycles. The second-order valence-electron chi connectivity index (χ2n) is 7.86. The van der Waals surface area contributed by atoms with E-state index >= 15 is 0 Å². The Kier molecular flexibility index (Phi) is 3.27. The average molecular weight is 358 g/mol. The molecule has 2 heterocycles. The van der Waals surface area contributed by atoms with Crippen LogP contribution in [0.2, 0.25) is 0 Å². The molecule has 0 aromatic heterocycles. The Balaban J connectivity index is 1.89. The Morgan fingerprint density at radius 2 is 2.08 bits per heavy atom. The fourth-order valence-corrected chi connectivity index (χ4v) is 4.86. The van der Waals surface area contributed by atoms with Gasteiger partial charge >= 0.3 is 11.9 Å². The highest BCUT2D eigenvalue weighted by atomic mass is 16.8. The molecule has 26 heavy (non-hydrogen) atoms. The van der Waals surface area contributed by atoms with Crippen LogP contribution in [0, 0.1) is 11.3 Å². The molecular weight excluding hydrogens is 336 g/mol. The number of carbonyl (C=O) groups excluding carboxylic acids is 3. The minimum atomic E-state index is -1.16. The zero-order valence-corrected chi connectivity index (χ0v) is 15.5. The van der Waals surface area contributed by atoms with Crippen LogP contribution < -0.4 is 0 Å². The third kappa shape index (κ3) is 1.78. The van der Waals surface area contributed by atoms with Crippen LogP contribution in [0.4, 0.5) is 0 Å². The maximum atomic E-state index is 12.6. The first-order chi connectivity index (χ1) is 12.1. The Morgan fingerprint density at radius 1 is 1.38 bits per heavy atom. The molecule has 0 amide bonds. The topological polar surface area (TPSA) is 82.2 Å². The molecule has 6 heteroatoms. The Bertz CT molecular complexity index is 848. The SMILES string of the molecule is C/C=C(/C)C(=O)O[C@H]1[C@@]23O[C@]2(CC(C)=C2C(=O)C=C[C@]21C)OC(=O)[C@H]3C. The van der Waals surface area contributed by atoms with Gasteiger partial charge in [-0.15, -0.1) is 0 Å². The van der Waals surface area contributed by atoms with E-state index in [1.807, 2.05) is 13.8 Å². The van der Waals surface area contributed by atoms with Crippen LogP contribution in [0.25, 0.3) is 0 Å². The molecule has 2 fully saturated rings. The fraction of sp³-hybridized carbons (Fsp3) is 0.550. The zero-order chi connectivity index (χ0) is 19.1. The van der Waals surface area contributed by atoms with Gasteiger partial charge in [-0.3, -0.25) is 9.59 Å². The first-order valence-corrected chi connectivity index (χ1v) is 8.83. The van der Waals surface area contributed by atoms with Gasteiger partial charge in [0.2, 0.25) is 0 Å². The van der Waals surface area contributed by atoms with Crippen molar-refractivity contribution in [2.45, 2.75) is 58.5 Å². The van der Waals surface area contributed by atoms with Gasteiger partial charge in [-0.25, -0.2) is 4.79 Å². The molecule has 138 valence electrons. The van der Waals surface area contributed by atoms with E-state index in [4.69, 9.17) is 14.2 Å². The third-order valence-electron chi connectivity index (χ3n) is 6.35. The van der Waals surface area contributed by atoms with E-state index in [1.165, 1.54) is 6.08 Å². The zero-order valence-electron chi connectivity index (χ0n) is 15.5. The van der Waals surface area contributed by atoms with Gasteiger partial charge in [0.1, 0.15) is 0 Å². The number of hydrogen-bond acceptors (Lipinski definition) is 6. The van der Waals surface area contributed by atoms with Gasteiger partial charge in [-0.1, -0.05) is 17.7 Å². The third-order valence-corrected chi connectivity index (χ3v) is 6.35. The van der Waals surface area contributed by atoms with Crippen LogP contribution in [0.15, 0.2) is 34.9 Å². The summed E-state index contributed by atoms with van der Waals surface area (Å²) >= 11 is 0. The summed E-state index contributed by atoms with van der Waals surface area (Å²) in [5.41, 5.74) is -0.0964. The number of carbonyl (C=O) groups is 3. The lowest BCUT2D eigenvalue weighted by Crippen LogP contribution is -2.50. The molecule has 4 aliphatic rings. The fourth-order valence-electron chi connectivity index (χ4n) is 4.86. The monoisotopic (exact) mass is 358 g/mol. The molecule has 0 spiro atoms. The molecule has 4 rings (SSSR count). The van der Waals surface area contributed by atoms with Crippen molar-refractivity contribution in [3.8, 4) is 0 Å². The Hall–Kier alpha value is -2.21. The highest BCUT2D eigenvalue weighted by molar-refractivity contribution is 6.09. The van der Waals surface area contributed by atoms with Gasteiger partial charge in [0, 0.05) is 17.6 Å². The van der Waals surface area contributed by atoms with Gasteiger partial charge in [-0.2, -0.15) is 0 Å². The number of allylic oxidation sites excluding steroid dienone is 2. The summed E-state index contributed by atoms with van der Waals surface area (Å²) < 4.78 is 17.5. The van der Waals surface area contributed by atoms with Crippen LogP contribution in [-0.4, -0.2) is 35.2 Å². The Labute approximate surface area is 151 Å². The molecule has 6 nitrogen and oxygen atoms in total. The molecule has 5 atom stereocenters. The Morgan fingerprint density at radius 3 is 2.73 bits per heavy atom. The molecule has 0 aromatic carbocycles. The minimum absolute atomic E-state index is 0.0973. The van der Waals surface area contributed by atoms with Crippen molar-refractivity contribution in [2.24, 2.45) is 11.3 Å². The largest absolute Gasteiger partial charge is 0.454 e. The van der Waals surface area contributed by atoms with Crippen molar-refractivity contribution < 1.29 is 28.6 Å². The van der Waals surface area contributed by atoms with E-state index in [0.717, 1.165) is 5.57 Å². The van der Waals surface area contributed by atoms with Gasteiger partial charge < -0.3 is 14.2 Å². The number of rotatable bonds is 2. The number of ketones is 1. The molecule has 0 saturated carbocycles. The van der Waals surface area contributed by atoms with Crippen molar-refractivity contribution in [3.05, 3.63) is 34.9 Å². The van der Waals surface area contributed by atoms with Crippen molar-refractivity contribution in [3.63, 3.8) is 0 Å². The molecule has 0 radical (unpaired) electrons. The van der Waals surface area contributed by atoms with Crippen molar-refractivity contribution in [1.82, 2.24) is 0 Å². The molecule has 2 aliphatic carbocycles. The lowest BCUT2D eigenvalue weighted by atomic mass is 9.70. The smallest absolute Gasteiger partial charge is 0.333 e. The molecule has 0 aromatic rings. The normalized spacial score (nSPS) is 43.5. The summed E-state index contributed by atoms with van der Waals surface area (Å²) in [4.78, 5) is 37.4. The first kappa shape index (κ1) is 17.2.